The van der Waals surface area contributed by atoms with E-state index in [0.717, 1.165) is 31.9 Å². The highest BCUT2D eigenvalue weighted by molar-refractivity contribution is 6.30. The van der Waals surface area contributed by atoms with Gasteiger partial charge in [0, 0.05) is 54.2 Å². The molecule has 1 fully saturated rings. The van der Waals surface area contributed by atoms with Crippen LogP contribution in [-0.4, -0.2) is 58.2 Å². The van der Waals surface area contributed by atoms with E-state index in [1.807, 2.05) is 42.5 Å². The molecule has 2 amide bonds. The van der Waals surface area contributed by atoms with Gasteiger partial charge >= 0.3 is 0 Å². The van der Waals surface area contributed by atoms with Gasteiger partial charge in [0.25, 0.3) is 5.91 Å². The Balaban J connectivity index is 1.31. The summed E-state index contributed by atoms with van der Waals surface area (Å²) in [5.74, 6) is -0.800. The van der Waals surface area contributed by atoms with Crippen LogP contribution < -0.4 is 20.9 Å². The van der Waals surface area contributed by atoms with Gasteiger partial charge in [-0.1, -0.05) is 41.9 Å². The zero-order chi connectivity index (χ0) is 27.0. The van der Waals surface area contributed by atoms with Crippen molar-refractivity contribution >= 4 is 40.9 Å². The van der Waals surface area contributed by atoms with E-state index in [1.54, 1.807) is 36.4 Å². The summed E-state index contributed by atoms with van der Waals surface area (Å²) in [5.41, 5.74) is 3.70. The Morgan fingerprint density at radius 2 is 1.77 bits per heavy atom. The van der Waals surface area contributed by atoms with Gasteiger partial charge < -0.3 is 20.9 Å². The van der Waals surface area contributed by atoms with Gasteiger partial charge in [-0.15, -0.1) is 5.10 Å². The van der Waals surface area contributed by atoms with E-state index in [2.05, 4.69) is 36.4 Å². The van der Waals surface area contributed by atoms with Gasteiger partial charge in [-0.25, -0.2) is 0 Å². The number of piperazine rings is 1. The van der Waals surface area contributed by atoms with Crippen LogP contribution in [0.1, 0.15) is 17.2 Å². The van der Waals surface area contributed by atoms with Crippen molar-refractivity contribution in [2.45, 2.75) is 6.04 Å². The van der Waals surface area contributed by atoms with Crippen molar-refractivity contribution in [3.63, 3.8) is 0 Å². The van der Waals surface area contributed by atoms with E-state index in [-0.39, 0.29) is 5.91 Å². The number of nitrogens with zero attached hydrogens (tertiary/aromatic N) is 5. The maximum Gasteiger partial charge on any atom is 0.251 e. The summed E-state index contributed by atoms with van der Waals surface area (Å²) < 4.78 is 1.47. The van der Waals surface area contributed by atoms with E-state index in [9.17, 15) is 9.59 Å². The molecule has 2 heterocycles. The molecule has 1 atom stereocenters. The molecule has 4 aromatic rings. The lowest BCUT2D eigenvalue weighted by Crippen LogP contribution is -2.43. The SMILES string of the molecule is O=C(/C=C/c1cc(Cl)ccc1-n1cnnn1)NC(C(=O)Nc1ccc(N2CCNCC2)cc1)c1ccccc1. The van der Waals surface area contributed by atoms with E-state index >= 15 is 0 Å². The number of aromatic nitrogens is 4. The van der Waals surface area contributed by atoms with Crippen molar-refractivity contribution < 1.29 is 9.59 Å². The van der Waals surface area contributed by atoms with Crippen LogP contribution in [0.5, 0.6) is 0 Å². The number of carbonyl (C=O) groups excluding carboxylic acids is 2. The monoisotopic (exact) mass is 542 g/mol. The molecule has 0 saturated carbocycles. The molecule has 39 heavy (non-hydrogen) atoms. The molecule has 0 radical (unpaired) electrons. The lowest BCUT2D eigenvalue weighted by atomic mass is 10.1. The first-order valence-corrected chi connectivity index (χ1v) is 12.9. The lowest BCUT2D eigenvalue weighted by molar-refractivity contribution is -0.123. The molecule has 1 unspecified atom stereocenters. The summed E-state index contributed by atoms with van der Waals surface area (Å²) in [6.45, 7) is 3.77. The van der Waals surface area contributed by atoms with Crippen molar-refractivity contribution in [1.82, 2.24) is 30.8 Å². The summed E-state index contributed by atoms with van der Waals surface area (Å²) in [6, 6.07) is 21.1. The number of tetrazole rings is 1. The Labute approximate surface area is 230 Å². The van der Waals surface area contributed by atoms with Gasteiger partial charge in [0.05, 0.1) is 5.69 Å². The molecule has 3 aromatic carbocycles. The highest BCUT2D eigenvalue weighted by atomic mass is 35.5. The molecule has 0 spiro atoms. The fraction of sp³-hybridized carbons (Fsp3) is 0.179. The van der Waals surface area contributed by atoms with Crippen molar-refractivity contribution in [3.8, 4) is 5.69 Å². The molecule has 1 aromatic heterocycles. The molecule has 1 aliphatic rings. The van der Waals surface area contributed by atoms with E-state index in [4.69, 9.17) is 11.6 Å². The van der Waals surface area contributed by atoms with Gasteiger partial charge in [-0.2, -0.15) is 4.68 Å². The van der Waals surface area contributed by atoms with Gasteiger partial charge in [-0.05, 0) is 64.5 Å². The number of carbonyl (C=O) groups is 2. The molecular weight excluding hydrogens is 516 g/mol. The van der Waals surface area contributed by atoms with Gasteiger partial charge in [0.2, 0.25) is 5.91 Å². The number of anilines is 2. The van der Waals surface area contributed by atoms with E-state index < -0.39 is 11.9 Å². The molecule has 5 rings (SSSR count). The van der Waals surface area contributed by atoms with Crippen molar-refractivity contribution in [3.05, 3.63) is 101 Å². The van der Waals surface area contributed by atoms with E-state index in [1.165, 1.54) is 17.1 Å². The minimum Gasteiger partial charge on any atom is -0.369 e. The van der Waals surface area contributed by atoms with Gasteiger partial charge in [0.15, 0.2) is 0 Å². The van der Waals surface area contributed by atoms with Crippen LogP contribution in [0.15, 0.2) is 85.2 Å². The Morgan fingerprint density at radius 1 is 1.00 bits per heavy atom. The maximum absolute atomic E-state index is 13.4. The zero-order valence-electron chi connectivity index (χ0n) is 21.0. The number of benzene rings is 3. The predicted octanol–water partition coefficient (Wildman–Crippen LogP) is 3.23. The highest BCUT2D eigenvalue weighted by Crippen LogP contribution is 2.22. The van der Waals surface area contributed by atoms with Crippen molar-refractivity contribution in [1.29, 1.82) is 0 Å². The first-order chi connectivity index (χ1) is 19.1. The van der Waals surface area contributed by atoms with Gasteiger partial charge in [0.1, 0.15) is 12.4 Å². The molecule has 1 aliphatic heterocycles. The second-order valence-corrected chi connectivity index (χ2v) is 9.35. The smallest absolute Gasteiger partial charge is 0.251 e. The predicted molar refractivity (Wildman–Crippen MR) is 151 cm³/mol. The maximum atomic E-state index is 13.4. The molecule has 11 heteroatoms. The number of hydrogen-bond acceptors (Lipinski definition) is 7. The van der Waals surface area contributed by atoms with Crippen LogP contribution >= 0.6 is 11.6 Å². The first kappa shape index (κ1) is 26.1. The number of rotatable bonds is 8. The third-order valence-corrected chi connectivity index (χ3v) is 6.53. The molecule has 3 N–H and O–H groups in total. The van der Waals surface area contributed by atoms with Crippen LogP contribution in [0.2, 0.25) is 5.02 Å². The Hall–Kier alpha value is -4.54. The first-order valence-electron chi connectivity index (χ1n) is 12.5. The molecular formula is C28H27ClN8O2. The van der Waals surface area contributed by atoms with Crippen LogP contribution in [-0.2, 0) is 9.59 Å². The van der Waals surface area contributed by atoms with Crippen LogP contribution in [0.4, 0.5) is 11.4 Å². The van der Waals surface area contributed by atoms with E-state index in [0.29, 0.717) is 27.5 Å². The molecule has 198 valence electrons. The average Bonchev–Trinajstić information content (AvgIpc) is 3.51. The number of amides is 2. The van der Waals surface area contributed by atoms with Crippen LogP contribution in [0.3, 0.4) is 0 Å². The van der Waals surface area contributed by atoms with Gasteiger partial charge in [-0.3, -0.25) is 9.59 Å². The summed E-state index contributed by atoms with van der Waals surface area (Å²) in [7, 11) is 0. The third-order valence-electron chi connectivity index (χ3n) is 6.30. The fourth-order valence-corrected chi connectivity index (χ4v) is 4.51. The molecule has 1 saturated heterocycles. The minimum absolute atomic E-state index is 0.352. The summed E-state index contributed by atoms with van der Waals surface area (Å²) in [4.78, 5) is 28.6. The molecule has 0 aliphatic carbocycles. The normalized spacial score (nSPS) is 14.2. The standard InChI is InChI=1S/C28H27ClN8O2/c29-22-7-12-25(37-19-31-34-35-37)21(18-22)6-13-26(38)33-27(20-4-2-1-3-5-20)28(39)32-23-8-10-24(11-9-23)36-16-14-30-15-17-36/h1-13,18-19,27,30H,14-17H2,(H,32,39)(H,33,38)/b13-6+. The Morgan fingerprint density at radius 3 is 2.49 bits per heavy atom. The largest absolute Gasteiger partial charge is 0.369 e. The van der Waals surface area contributed by atoms with Crippen LogP contribution in [0, 0.1) is 0 Å². The quantitative estimate of drug-likeness (QED) is 0.293. The topological polar surface area (TPSA) is 117 Å². The summed E-state index contributed by atoms with van der Waals surface area (Å²) in [5, 5.41) is 20.8. The molecule has 0 bridgehead atoms. The second kappa shape index (κ2) is 12.3. The highest BCUT2D eigenvalue weighted by Gasteiger charge is 2.22. The second-order valence-electron chi connectivity index (χ2n) is 8.92. The third kappa shape index (κ3) is 6.67. The van der Waals surface area contributed by atoms with Crippen molar-refractivity contribution in [2.24, 2.45) is 0 Å². The number of nitrogens with one attached hydrogen (secondary N) is 3. The minimum atomic E-state index is -0.908. The number of hydrogen-bond donors (Lipinski definition) is 3. The summed E-state index contributed by atoms with van der Waals surface area (Å²) in [6.07, 6.45) is 4.41. The van der Waals surface area contributed by atoms with Crippen molar-refractivity contribution in [2.75, 3.05) is 36.4 Å². The average molecular weight is 543 g/mol. The lowest BCUT2D eigenvalue weighted by Gasteiger charge is -2.29. The van der Waals surface area contributed by atoms with Crippen LogP contribution in [0.25, 0.3) is 11.8 Å². The summed E-state index contributed by atoms with van der Waals surface area (Å²) >= 11 is 6.18. The number of halogens is 1. The Kier molecular flexibility index (Phi) is 8.25. The fourth-order valence-electron chi connectivity index (χ4n) is 4.33. The Bertz CT molecular complexity index is 1440. The zero-order valence-corrected chi connectivity index (χ0v) is 21.8. The molecule has 10 nitrogen and oxygen atoms in total.